The van der Waals surface area contributed by atoms with Gasteiger partial charge in [-0.2, -0.15) is 0 Å². The molecule has 2 rings (SSSR count). The first-order chi connectivity index (χ1) is 11.6. The monoisotopic (exact) mass is 335 g/mol. The molecule has 132 valence electrons. The minimum absolute atomic E-state index is 0.140. The molecule has 0 spiro atoms. The van der Waals surface area contributed by atoms with Crippen LogP contribution in [0.15, 0.2) is 35.7 Å². The van der Waals surface area contributed by atoms with Crippen LogP contribution in [0.3, 0.4) is 0 Å². The van der Waals surface area contributed by atoms with Crippen molar-refractivity contribution in [2.75, 3.05) is 26.2 Å². The van der Waals surface area contributed by atoms with Gasteiger partial charge in [-0.15, -0.1) is 0 Å². The number of rotatable bonds is 8. The van der Waals surface area contributed by atoms with Crippen molar-refractivity contribution in [3.05, 3.63) is 35.7 Å². The van der Waals surface area contributed by atoms with Crippen LogP contribution in [0.5, 0.6) is 0 Å². The first-order valence-electron chi connectivity index (χ1n) is 8.26. The fourth-order valence-electron chi connectivity index (χ4n) is 2.51. The summed E-state index contributed by atoms with van der Waals surface area (Å²) in [7, 11) is 0. The SMILES string of the molecule is CC(=O)NCC1CN(C2=CCC=C(NCCCCO)C=C2)C(=O)O1. The van der Waals surface area contributed by atoms with Gasteiger partial charge in [-0.25, -0.2) is 4.79 Å². The molecule has 0 aromatic heterocycles. The molecule has 1 saturated heterocycles. The number of hydrogen-bond donors (Lipinski definition) is 3. The lowest BCUT2D eigenvalue weighted by molar-refractivity contribution is -0.119. The molecule has 0 radical (unpaired) electrons. The Morgan fingerprint density at radius 1 is 1.38 bits per heavy atom. The van der Waals surface area contributed by atoms with Crippen molar-refractivity contribution >= 4 is 12.0 Å². The average molecular weight is 335 g/mol. The van der Waals surface area contributed by atoms with Crippen LogP contribution in [0.4, 0.5) is 4.79 Å². The van der Waals surface area contributed by atoms with Gasteiger partial charge in [-0.3, -0.25) is 9.69 Å². The van der Waals surface area contributed by atoms with Crippen LogP contribution < -0.4 is 10.6 Å². The standard InChI is InChI=1S/C17H25N3O4/c1-13(22)19-11-16-12-20(17(23)24-16)15-6-4-5-14(7-8-15)18-9-2-3-10-21/h5-8,16,18,21H,2-4,9-12H2,1H3,(H,19,22). The Labute approximate surface area is 142 Å². The summed E-state index contributed by atoms with van der Waals surface area (Å²) in [6.07, 6.45) is 9.54. The van der Waals surface area contributed by atoms with Gasteiger partial charge in [-0.1, -0.05) is 12.2 Å². The maximum absolute atomic E-state index is 12.0. The van der Waals surface area contributed by atoms with E-state index in [4.69, 9.17) is 9.84 Å². The molecule has 1 heterocycles. The summed E-state index contributed by atoms with van der Waals surface area (Å²) >= 11 is 0. The maximum atomic E-state index is 12.0. The fraction of sp³-hybridized carbons (Fsp3) is 0.529. The van der Waals surface area contributed by atoms with E-state index >= 15 is 0 Å². The number of cyclic esters (lactones) is 1. The van der Waals surface area contributed by atoms with Crippen molar-refractivity contribution in [2.24, 2.45) is 0 Å². The number of aliphatic hydroxyl groups excluding tert-OH is 1. The zero-order valence-corrected chi connectivity index (χ0v) is 14.0. The molecule has 0 aromatic carbocycles. The number of nitrogens with one attached hydrogen (secondary N) is 2. The summed E-state index contributed by atoms with van der Waals surface area (Å²) in [6, 6.07) is 0. The summed E-state index contributed by atoms with van der Waals surface area (Å²) in [5, 5.41) is 14.8. The van der Waals surface area contributed by atoms with Gasteiger partial charge in [-0.05, 0) is 31.4 Å². The van der Waals surface area contributed by atoms with E-state index in [0.717, 1.165) is 30.8 Å². The normalized spacial score (nSPS) is 20.2. The van der Waals surface area contributed by atoms with Crippen molar-refractivity contribution in [3.8, 4) is 0 Å². The van der Waals surface area contributed by atoms with E-state index < -0.39 is 0 Å². The van der Waals surface area contributed by atoms with Crippen LogP contribution in [0.1, 0.15) is 26.2 Å². The summed E-state index contributed by atoms with van der Waals surface area (Å²) < 4.78 is 5.28. The summed E-state index contributed by atoms with van der Waals surface area (Å²) in [4.78, 5) is 24.6. The lowest BCUT2D eigenvalue weighted by Crippen LogP contribution is -2.33. The topological polar surface area (TPSA) is 90.9 Å². The Balaban J connectivity index is 1.86. The van der Waals surface area contributed by atoms with E-state index in [1.54, 1.807) is 4.90 Å². The van der Waals surface area contributed by atoms with E-state index in [1.165, 1.54) is 6.92 Å². The first kappa shape index (κ1) is 18.1. The third-order valence-electron chi connectivity index (χ3n) is 3.78. The number of ether oxygens (including phenoxy) is 1. The molecule has 3 N–H and O–H groups in total. The lowest BCUT2D eigenvalue weighted by atomic mass is 10.2. The van der Waals surface area contributed by atoms with Crippen LogP contribution in [-0.4, -0.2) is 54.4 Å². The van der Waals surface area contributed by atoms with Crippen molar-refractivity contribution in [2.45, 2.75) is 32.3 Å². The van der Waals surface area contributed by atoms with Crippen LogP contribution in [0, 0.1) is 0 Å². The molecule has 2 amide bonds. The Bertz CT molecular complexity index is 554. The summed E-state index contributed by atoms with van der Waals surface area (Å²) in [6.45, 7) is 3.19. The highest BCUT2D eigenvalue weighted by Crippen LogP contribution is 2.20. The van der Waals surface area contributed by atoms with E-state index in [0.29, 0.717) is 19.5 Å². The quantitative estimate of drug-likeness (QED) is 0.577. The molecule has 7 nitrogen and oxygen atoms in total. The van der Waals surface area contributed by atoms with E-state index in [1.807, 2.05) is 18.2 Å². The minimum atomic E-state index is -0.388. The third-order valence-corrected chi connectivity index (χ3v) is 3.78. The predicted molar refractivity (Wildman–Crippen MR) is 89.9 cm³/mol. The zero-order chi connectivity index (χ0) is 17.4. The third kappa shape index (κ3) is 5.42. The van der Waals surface area contributed by atoms with Crippen LogP contribution in [0.25, 0.3) is 0 Å². The predicted octanol–water partition coefficient (Wildman–Crippen LogP) is 1.03. The van der Waals surface area contributed by atoms with Gasteiger partial charge in [0.1, 0.15) is 6.10 Å². The van der Waals surface area contributed by atoms with Crippen LogP contribution >= 0.6 is 0 Å². The van der Waals surface area contributed by atoms with Crippen molar-refractivity contribution in [1.82, 2.24) is 15.5 Å². The number of allylic oxidation sites excluding steroid dienone is 4. The molecule has 7 heteroatoms. The van der Waals surface area contributed by atoms with Crippen molar-refractivity contribution in [3.63, 3.8) is 0 Å². The van der Waals surface area contributed by atoms with E-state index in [-0.39, 0.29) is 24.7 Å². The molecule has 0 aromatic rings. The van der Waals surface area contributed by atoms with Gasteiger partial charge in [0, 0.05) is 31.5 Å². The number of nitrogens with zero attached hydrogens (tertiary/aromatic N) is 1. The van der Waals surface area contributed by atoms with E-state index in [9.17, 15) is 9.59 Å². The van der Waals surface area contributed by atoms with E-state index in [2.05, 4.69) is 16.7 Å². The molecule has 0 bridgehead atoms. The highest BCUT2D eigenvalue weighted by atomic mass is 16.6. The molecule has 0 saturated carbocycles. The highest BCUT2D eigenvalue weighted by molar-refractivity contribution is 5.74. The second-order valence-electron chi connectivity index (χ2n) is 5.77. The fourth-order valence-corrected chi connectivity index (χ4v) is 2.51. The Hall–Kier alpha value is -2.28. The smallest absolute Gasteiger partial charge is 0.414 e. The molecule has 24 heavy (non-hydrogen) atoms. The first-order valence-corrected chi connectivity index (χ1v) is 8.26. The van der Waals surface area contributed by atoms with Crippen molar-refractivity contribution in [1.29, 1.82) is 0 Å². The molecule has 1 atom stereocenters. The van der Waals surface area contributed by atoms with Crippen molar-refractivity contribution < 1.29 is 19.4 Å². The lowest BCUT2D eigenvalue weighted by Gasteiger charge is -2.14. The number of unbranched alkanes of at least 4 members (excludes halogenated alkanes) is 1. The summed E-state index contributed by atoms with van der Waals surface area (Å²) in [5.74, 6) is -0.140. The second kappa shape index (κ2) is 9.12. The van der Waals surface area contributed by atoms with Gasteiger partial charge in [0.15, 0.2) is 0 Å². The Morgan fingerprint density at radius 2 is 2.21 bits per heavy atom. The Morgan fingerprint density at radius 3 is 2.96 bits per heavy atom. The molecule has 1 aliphatic heterocycles. The van der Waals surface area contributed by atoms with Gasteiger partial charge >= 0.3 is 6.09 Å². The highest BCUT2D eigenvalue weighted by Gasteiger charge is 2.32. The van der Waals surface area contributed by atoms with Crippen LogP contribution in [-0.2, 0) is 9.53 Å². The molecular weight excluding hydrogens is 310 g/mol. The minimum Gasteiger partial charge on any atom is -0.442 e. The zero-order valence-electron chi connectivity index (χ0n) is 14.0. The number of carbonyl (C=O) groups excluding carboxylic acids is 2. The molecule has 1 unspecified atom stereocenters. The average Bonchev–Trinajstić information content (AvgIpc) is 2.77. The number of aliphatic hydroxyl groups is 1. The number of hydrogen-bond acceptors (Lipinski definition) is 5. The van der Waals surface area contributed by atoms with Crippen LogP contribution in [0.2, 0.25) is 0 Å². The largest absolute Gasteiger partial charge is 0.442 e. The molecular formula is C17H25N3O4. The van der Waals surface area contributed by atoms with Gasteiger partial charge in [0.05, 0.1) is 13.1 Å². The maximum Gasteiger partial charge on any atom is 0.414 e. The number of carbonyl (C=O) groups is 2. The summed E-state index contributed by atoms with van der Waals surface area (Å²) in [5.41, 5.74) is 1.80. The van der Waals surface area contributed by atoms with Gasteiger partial charge < -0.3 is 20.5 Å². The number of amides is 2. The molecule has 2 aliphatic rings. The Kier molecular flexibility index (Phi) is 6.87. The molecule has 1 aliphatic carbocycles. The second-order valence-corrected chi connectivity index (χ2v) is 5.77. The van der Waals surface area contributed by atoms with Gasteiger partial charge in [0.2, 0.25) is 5.91 Å². The molecule has 1 fully saturated rings. The van der Waals surface area contributed by atoms with Gasteiger partial charge in [0.25, 0.3) is 0 Å².